The second-order valence-corrected chi connectivity index (χ2v) is 5.22. The predicted molar refractivity (Wildman–Crippen MR) is 85.4 cm³/mol. The molecule has 0 radical (unpaired) electrons. The van der Waals surface area contributed by atoms with Crippen LogP contribution in [-0.2, 0) is 9.53 Å². The summed E-state index contributed by atoms with van der Waals surface area (Å²) in [5.41, 5.74) is 1.78. The summed E-state index contributed by atoms with van der Waals surface area (Å²) < 4.78 is 11.0. The van der Waals surface area contributed by atoms with E-state index < -0.39 is 0 Å². The number of amides is 1. The van der Waals surface area contributed by atoms with Crippen molar-refractivity contribution in [1.29, 1.82) is 0 Å². The molecular formula is C15H23ClN2O3. The van der Waals surface area contributed by atoms with Gasteiger partial charge >= 0.3 is 0 Å². The van der Waals surface area contributed by atoms with Crippen LogP contribution >= 0.6 is 12.4 Å². The summed E-state index contributed by atoms with van der Waals surface area (Å²) >= 11 is 0. The number of hydrogen-bond donors (Lipinski definition) is 2. The molecule has 1 unspecified atom stereocenters. The number of hydrogen-bond acceptors (Lipinski definition) is 4. The molecule has 2 rings (SSSR count). The SMILES string of the molecule is Cc1cc(NC(=O)C2COCCN2)ccc1OC(C)C.Cl. The van der Waals surface area contributed by atoms with Gasteiger partial charge < -0.3 is 20.1 Å². The second-order valence-electron chi connectivity index (χ2n) is 5.22. The fourth-order valence-electron chi connectivity index (χ4n) is 2.08. The highest BCUT2D eigenvalue weighted by Gasteiger charge is 2.21. The van der Waals surface area contributed by atoms with E-state index in [4.69, 9.17) is 9.47 Å². The number of aryl methyl sites for hydroxylation is 1. The van der Waals surface area contributed by atoms with E-state index in [-0.39, 0.29) is 30.5 Å². The molecule has 1 atom stereocenters. The predicted octanol–water partition coefficient (Wildman–Crippen LogP) is 2.13. The summed E-state index contributed by atoms with van der Waals surface area (Å²) in [6.07, 6.45) is 0.137. The summed E-state index contributed by atoms with van der Waals surface area (Å²) in [6.45, 7) is 7.73. The summed E-state index contributed by atoms with van der Waals surface area (Å²) in [7, 11) is 0. The van der Waals surface area contributed by atoms with E-state index in [0.717, 1.165) is 17.0 Å². The molecule has 21 heavy (non-hydrogen) atoms. The molecule has 0 saturated carbocycles. The minimum atomic E-state index is -0.282. The minimum absolute atomic E-state index is 0. The molecule has 1 aliphatic heterocycles. The van der Waals surface area contributed by atoms with Crippen molar-refractivity contribution in [2.24, 2.45) is 0 Å². The molecule has 0 spiro atoms. The van der Waals surface area contributed by atoms with E-state index in [0.29, 0.717) is 19.8 Å². The van der Waals surface area contributed by atoms with Crippen molar-refractivity contribution in [3.63, 3.8) is 0 Å². The second kappa shape index (κ2) is 8.22. The molecular weight excluding hydrogens is 292 g/mol. The zero-order chi connectivity index (χ0) is 14.5. The number of benzene rings is 1. The Kier molecular flexibility index (Phi) is 6.95. The lowest BCUT2D eigenvalue weighted by Crippen LogP contribution is -2.48. The van der Waals surface area contributed by atoms with E-state index in [1.807, 2.05) is 39.0 Å². The maximum Gasteiger partial charge on any atom is 0.243 e. The summed E-state index contributed by atoms with van der Waals surface area (Å²) in [4.78, 5) is 12.1. The molecule has 1 fully saturated rings. The van der Waals surface area contributed by atoms with Crippen molar-refractivity contribution in [2.75, 3.05) is 25.1 Å². The first kappa shape index (κ1) is 17.8. The molecule has 2 N–H and O–H groups in total. The van der Waals surface area contributed by atoms with Gasteiger partial charge in [0.25, 0.3) is 0 Å². The average Bonchev–Trinajstić information content (AvgIpc) is 2.42. The van der Waals surface area contributed by atoms with Gasteiger partial charge in [0, 0.05) is 12.2 Å². The van der Waals surface area contributed by atoms with Gasteiger partial charge in [0.05, 0.1) is 19.3 Å². The lowest BCUT2D eigenvalue weighted by Gasteiger charge is -2.23. The molecule has 1 aromatic carbocycles. The van der Waals surface area contributed by atoms with Crippen LogP contribution in [0, 0.1) is 6.92 Å². The normalized spacial score (nSPS) is 18.0. The number of nitrogens with one attached hydrogen (secondary N) is 2. The first-order valence-electron chi connectivity index (χ1n) is 6.95. The lowest BCUT2D eigenvalue weighted by atomic mass is 10.2. The van der Waals surface area contributed by atoms with Crippen LogP contribution in [-0.4, -0.2) is 37.8 Å². The molecule has 1 heterocycles. The molecule has 5 nitrogen and oxygen atoms in total. The topological polar surface area (TPSA) is 59.6 Å². The summed E-state index contributed by atoms with van der Waals surface area (Å²) in [5.74, 6) is 0.777. The molecule has 1 aliphatic rings. The first-order chi connectivity index (χ1) is 9.56. The number of carbonyl (C=O) groups excluding carboxylic acids is 1. The lowest BCUT2D eigenvalue weighted by molar-refractivity contribution is -0.120. The zero-order valence-electron chi connectivity index (χ0n) is 12.6. The Hall–Kier alpha value is -1.30. The first-order valence-corrected chi connectivity index (χ1v) is 6.95. The zero-order valence-corrected chi connectivity index (χ0v) is 13.5. The number of carbonyl (C=O) groups is 1. The highest BCUT2D eigenvalue weighted by Crippen LogP contribution is 2.23. The third-order valence-electron chi connectivity index (χ3n) is 3.04. The Bertz CT molecular complexity index is 474. The number of morpholine rings is 1. The Labute approximate surface area is 131 Å². The van der Waals surface area contributed by atoms with E-state index >= 15 is 0 Å². The fraction of sp³-hybridized carbons (Fsp3) is 0.533. The maximum atomic E-state index is 12.1. The van der Waals surface area contributed by atoms with Crippen LogP contribution in [0.4, 0.5) is 5.69 Å². The van der Waals surface area contributed by atoms with Crippen LogP contribution in [0.15, 0.2) is 18.2 Å². The average molecular weight is 315 g/mol. The Morgan fingerprint density at radius 1 is 1.48 bits per heavy atom. The standard InChI is InChI=1S/C15H22N2O3.ClH/c1-10(2)20-14-5-4-12(8-11(14)3)17-15(18)13-9-19-7-6-16-13;/h4-5,8,10,13,16H,6-7,9H2,1-3H3,(H,17,18);1H. The quantitative estimate of drug-likeness (QED) is 0.894. The highest BCUT2D eigenvalue weighted by molar-refractivity contribution is 5.95. The van der Waals surface area contributed by atoms with Crippen molar-refractivity contribution >= 4 is 24.0 Å². The number of rotatable bonds is 4. The summed E-state index contributed by atoms with van der Waals surface area (Å²) in [6, 6.07) is 5.37. The van der Waals surface area contributed by atoms with Gasteiger partial charge in [0.1, 0.15) is 11.8 Å². The third kappa shape index (κ3) is 5.19. The van der Waals surface area contributed by atoms with Crippen LogP contribution in [0.1, 0.15) is 19.4 Å². The van der Waals surface area contributed by atoms with Crippen molar-refractivity contribution in [2.45, 2.75) is 32.9 Å². The minimum Gasteiger partial charge on any atom is -0.491 e. The van der Waals surface area contributed by atoms with Gasteiger partial charge in [-0.15, -0.1) is 12.4 Å². The number of anilines is 1. The Balaban J connectivity index is 0.00000220. The smallest absolute Gasteiger partial charge is 0.243 e. The van der Waals surface area contributed by atoms with E-state index in [1.165, 1.54) is 0 Å². The van der Waals surface area contributed by atoms with Gasteiger partial charge in [0.2, 0.25) is 5.91 Å². The van der Waals surface area contributed by atoms with E-state index in [9.17, 15) is 4.79 Å². The monoisotopic (exact) mass is 314 g/mol. The van der Waals surface area contributed by atoms with Crippen LogP contribution in [0.3, 0.4) is 0 Å². The van der Waals surface area contributed by atoms with Crippen LogP contribution in [0.25, 0.3) is 0 Å². The van der Waals surface area contributed by atoms with Crippen LogP contribution in [0.5, 0.6) is 5.75 Å². The molecule has 1 aromatic rings. The number of ether oxygens (including phenoxy) is 2. The van der Waals surface area contributed by atoms with Crippen molar-refractivity contribution in [3.05, 3.63) is 23.8 Å². The molecule has 0 bridgehead atoms. The molecule has 0 aliphatic carbocycles. The van der Waals surface area contributed by atoms with Gasteiger partial charge in [0.15, 0.2) is 0 Å². The van der Waals surface area contributed by atoms with Crippen LogP contribution < -0.4 is 15.4 Å². The summed E-state index contributed by atoms with van der Waals surface area (Å²) in [5, 5.41) is 6.03. The largest absolute Gasteiger partial charge is 0.491 e. The molecule has 6 heteroatoms. The highest BCUT2D eigenvalue weighted by atomic mass is 35.5. The molecule has 1 saturated heterocycles. The van der Waals surface area contributed by atoms with Gasteiger partial charge in [-0.25, -0.2) is 0 Å². The Morgan fingerprint density at radius 2 is 2.24 bits per heavy atom. The molecule has 0 aromatic heterocycles. The molecule has 1 amide bonds. The third-order valence-corrected chi connectivity index (χ3v) is 3.04. The van der Waals surface area contributed by atoms with Gasteiger partial charge in [-0.1, -0.05) is 0 Å². The number of halogens is 1. The maximum absolute atomic E-state index is 12.1. The van der Waals surface area contributed by atoms with Gasteiger partial charge in [-0.3, -0.25) is 4.79 Å². The van der Waals surface area contributed by atoms with Crippen molar-refractivity contribution in [3.8, 4) is 5.75 Å². The van der Waals surface area contributed by atoms with Crippen molar-refractivity contribution in [1.82, 2.24) is 5.32 Å². The van der Waals surface area contributed by atoms with E-state index in [1.54, 1.807) is 0 Å². The van der Waals surface area contributed by atoms with Crippen LogP contribution in [0.2, 0.25) is 0 Å². The van der Waals surface area contributed by atoms with Gasteiger partial charge in [-0.05, 0) is 44.5 Å². The molecule has 118 valence electrons. The Morgan fingerprint density at radius 3 is 2.81 bits per heavy atom. The fourth-order valence-corrected chi connectivity index (χ4v) is 2.08. The van der Waals surface area contributed by atoms with Gasteiger partial charge in [-0.2, -0.15) is 0 Å². The van der Waals surface area contributed by atoms with Crippen molar-refractivity contribution < 1.29 is 14.3 Å². The van der Waals surface area contributed by atoms with E-state index in [2.05, 4.69) is 10.6 Å².